The highest BCUT2D eigenvalue weighted by molar-refractivity contribution is 5.72. The van der Waals surface area contributed by atoms with Crippen molar-refractivity contribution in [3.63, 3.8) is 0 Å². The zero-order valence-corrected chi connectivity index (χ0v) is 9.31. The molecule has 0 aromatic heterocycles. The van der Waals surface area contributed by atoms with Gasteiger partial charge in [0.15, 0.2) is 5.82 Å². The van der Waals surface area contributed by atoms with Crippen molar-refractivity contribution in [1.82, 2.24) is 5.32 Å². The summed E-state index contributed by atoms with van der Waals surface area (Å²) < 4.78 is 26.6. The molecular formula is C12H12F2N2O. The third-order valence-corrected chi connectivity index (χ3v) is 1.96. The van der Waals surface area contributed by atoms with Gasteiger partial charge in [-0.3, -0.25) is 4.79 Å². The van der Waals surface area contributed by atoms with Gasteiger partial charge in [0.25, 0.3) is 0 Å². The average molecular weight is 238 g/mol. The summed E-state index contributed by atoms with van der Waals surface area (Å²) in [6.45, 7) is 1.72. The lowest BCUT2D eigenvalue weighted by Crippen LogP contribution is -2.20. The summed E-state index contributed by atoms with van der Waals surface area (Å²) >= 11 is 0. The van der Waals surface area contributed by atoms with Crippen LogP contribution in [0.1, 0.15) is 18.9 Å². The molecule has 0 atom stereocenters. The minimum absolute atomic E-state index is 0.141. The number of nitrogens with one attached hydrogen (secondary N) is 1. The van der Waals surface area contributed by atoms with E-state index in [-0.39, 0.29) is 17.2 Å². The van der Waals surface area contributed by atoms with E-state index in [9.17, 15) is 13.6 Å². The first-order valence-corrected chi connectivity index (χ1v) is 4.99. The van der Waals surface area contributed by atoms with Crippen molar-refractivity contribution in [2.75, 3.05) is 12.3 Å². The molecule has 1 rings (SSSR count). The third kappa shape index (κ3) is 3.76. The lowest BCUT2D eigenvalue weighted by atomic mass is 10.1. The maximum absolute atomic E-state index is 13.4. The molecule has 1 aromatic rings. The van der Waals surface area contributed by atoms with Gasteiger partial charge in [-0.1, -0.05) is 11.8 Å². The molecule has 3 N–H and O–H groups in total. The molecule has 0 spiro atoms. The van der Waals surface area contributed by atoms with Gasteiger partial charge >= 0.3 is 0 Å². The van der Waals surface area contributed by atoms with Crippen LogP contribution < -0.4 is 11.1 Å². The van der Waals surface area contributed by atoms with Gasteiger partial charge in [0, 0.05) is 19.9 Å². The second-order valence-corrected chi connectivity index (χ2v) is 3.36. The average Bonchev–Trinajstić information content (AvgIpc) is 2.27. The van der Waals surface area contributed by atoms with Gasteiger partial charge < -0.3 is 11.1 Å². The van der Waals surface area contributed by atoms with Crippen molar-refractivity contribution in [3.05, 3.63) is 29.3 Å². The summed E-state index contributed by atoms with van der Waals surface area (Å²) in [4.78, 5) is 10.5. The molecular weight excluding hydrogens is 226 g/mol. The third-order valence-electron chi connectivity index (χ3n) is 1.96. The molecule has 1 aromatic carbocycles. The zero-order valence-electron chi connectivity index (χ0n) is 9.31. The lowest BCUT2D eigenvalue weighted by Gasteiger charge is -2.00. The van der Waals surface area contributed by atoms with E-state index in [1.165, 1.54) is 6.92 Å². The number of amides is 1. The fourth-order valence-corrected chi connectivity index (χ4v) is 1.14. The Kier molecular flexibility index (Phi) is 4.46. The molecule has 0 aliphatic heterocycles. The Morgan fingerprint density at radius 1 is 1.47 bits per heavy atom. The predicted octanol–water partition coefficient (Wildman–Crippen LogP) is 1.42. The van der Waals surface area contributed by atoms with Crippen LogP contribution in [0.25, 0.3) is 0 Å². The summed E-state index contributed by atoms with van der Waals surface area (Å²) in [5, 5.41) is 2.52. The van der Waals surface area contributed by atoms with Crippen molar-refractivity contribution in [1.29, 1.82) is 0 Å². The molecule has 0 saturated carbocycles. The number of anilines is 1. The molecule has 0 bridgehead atoms. The van der Waals surface area contributed by atoms with Crippen LogP contribution in [0.3, 0.4) is 0 Å². The zero-order chi connectivity index (χ0) is 12.8. The van der Waals surface area contributed by atoms with Gasteiger partial charge in [0.1, 0.15) is 5.82 Å². The van der Waals surface area contributed by atoms with Gasteiger partial charge in [0.2, 0.25) is 5.91 Å². The highest BCUT2D eigenvalue weighted by Crippen LogP contribution is 2.17. The largest absolute Gasteiger partial charge is 0.396 e. The first-order chi connectivity index (χ1) is 8.02. The Bertz CT molecular complexity index is 489. The second kappa shape index (κ2) is 5.85. The van der Waals surface area contributed by atoms with E-state index in [1.807, 2.05) is 0 Å². The minimum atomic E-state index is -0.850. The predicted molar refractivity (Wildman–Crippen MR) is 60.9 cm³/mol. The van der Waals surface area contributed by atoms with Crippen molar-refractivity contribution in [3.8, 4) is 11.8 Å². The van der Waals surface area contributed by atoms with Gasteiger partial charge in [-0.15, -0.1) is 0 Å². The molecule has 5 heteroatoms. The molecule has 0 radical (unpaired) electrons. The van der Waals surface area contributed by atoms with Crippen LogP contribution in [0, 0.1) is 23.5 Å². The highest BCUT2D eigenvalue weighted by atomic mass is 19.1. The minimum Gasteiger partial charge on any atom is -0.396 e. The van der Waals surface area contributed by atoms with Gasteiger partial charge in [-0.2, -0.15) is 0 Å². The number of benzene rings is 1. The number of nitrogen functional groups attached to an aromatic ring is 1. The maximum Gasteiger partial charge on any atom is 0.216 e. The molecule has 0 saturated heterocycles. The first-order valence-electron chi connectivity index (χ1n) is 4.99. The van der Waals surface area contributed by atoms with E-state index in [0.29, 0.717) is 13.0 Å². The van der Waals surface area contributed by atoms with Crippen LogP contribution in [-0.4, -0.2) is 12.5 Å². The van der Waals surface area contributed by atoms with Crippen LogP contribution in [0.5, 0.6) is 0 Å². The molecule has 3 nitrogen and oxygen atoms in total. The van der Waals surface area contributed by atoms with Crippen molar-refractivity contribution < 1.29 is 13.6 Å². The maximum atomic E-state index is 13.4. The summed E-state index contributed by atoms with van der Waals surface area (Å²) in [7, 11) is 0. The smallest absolute Gasteiger partial charge is 0.216 e. The Morgan fingerprint density at radius 2 is 2.18 bits per heavy atom. The van der Waals surface area contributed by atoms with Gasteiger partial charge in [-0.25, -0.2) is 8.78 Å². The number of nitrogens with two attached hydrogens (primary N) is 1. The summed E-state index contributed by atoms with van der Waals surface area (Å²) in [5.41, 5.74) is 4.81. The topological polar surface area (TPSA) is 55.1 Å². The number of carbonyl (C=O) groups excluding carboxylic acids is 1. The number of hydrogen-bond acceptors (Lipinski definition) is 2. The van der Waals surface area contributed by atoms with Gasteiger partial charge in [-0.05, 0) is 12.1 Å². The molecule has 0 heterocycles. The summed E-state index contributed by atoms with van der Waals surface area (Å²) in [6, 6.07) is 2.21. The summed E-state index contributed by atoms with van der Waals surface area (Å²) in [5.74, 6) is 3.16. The Balaban J connectivity index is 2.72. The molecule has 0 aliphatic rings. The van der Waals surface area contributed by atoms with Crippen LogP contribution in [0.15, 0.2) is 12.1 Å². The molecule has 1 amide bonds. The number of rotatable bonds is 2. The van der Waals surface area contributed by atoms with Crippen molar-refractivity contribution >= 4 is 11.6 Å². The first kappa shape index (κ1) is 13.0. The monoisotopic (exact) mass is 238 g/mol. The SMILES string of the molecule is CC(=O)NCCC#Cc1c(F)ccc(N)c1F. The summed E-state index contributed by atoms with van der Waals surface area (Å²) in [6.07, 6.45) is 0.313. The number of halogens is 2. The standard InChI is InChI=1S/C12H12F2N2O/c1-8(17)16-7-3-2-4-9-10(13)5-6-11(15)12(9)14/h5-6H,3,7,15H2,1H3,(H,16,17). The van der Waals surface area contributed by atoms with E-state index in [2.05, 4.69) is 17.2 Å². The van der Waals surface area contributed by atoms with Crippen LogP contribution in [0.2, 0.25) is 0 Å². The number of carbonyl (C=O) groups is 1. The van der Waals surface area contributed by atoms with Crippen molar-refractivity contribution in [2.24, 2.45) is 0 Å². The highest BCUT2D eigenvalue weighted by Gasteiger charge is 2.08. The Hall–Kier alpha value is -2.09. The van der Waals surface area contributed by atoms with Crippen LogP contribution in [0.4, 0.5) is 14.5 Å². The fraction of sp³-hybridized carbons (Fsp3) is 0.250. The van der Waals surface area contributed by atoms with E-state index in [0.717, 1.165) is 12.1 Å². The molecule has 17 heavy (non-hydrogen) atoms. The molecule has 90 valence electrons. The van der Waals surface area contributed by atoms with E-state index in [4.69, 9.17) is 5.73 Å². The lowest BCUT2D eigenvalue weighted by molar-refractivity contribution is -0.118. The Labute approximate surface area is 98.0 Å². The number of hydrogen-bond donors (Lipinski definition) is 2. The Morgan fingerprint density at radius 3 is 2.82 bits per heavy atom. The quantitative estimate of drug-likeness (QED) is 0.465. The molecule has 0 fully saturated rings. The van der Waals surface area contributed by atoms with Crippen molar-refractivity contribution in [2.45, 2.75) is 13.3 Å². The normalized spacial score (nSPS) is 9.35. The molecule has 0 unspecified atom stereocenters. The fourth-order valence-electron chi connectivity index (χ4n) is 1.14. The second-order valence-electron chi connectivity index (χ2n) is 3.36. The van der Waals surface area contributed by atoms with E-state index in [1.54, 1.807) is 0 Å². The van der Waals surface area contributed by atoms with Crippen LogP contribution in [-0.2, 0) is 4.79 Å². The van der Waals surface area contributed by atoms with E-state index < -0.39 is 11.6 Å². The van der Waals surface area contributed by atoms with E-state index >= 15 is 0 Å². The van der Waals surface area contributed by atoms with Crippen LogP contribution >= 0.6 is 0 Å². The molecule has 0 aliphatic carbocycles. The van der Waals surface area contributed by atoms with Gasteiger partial charge in [0.05, 0.1) is 11.3 Å².